The van der Waals surface area contributed by atoms with Gasteiger partial charge in [-0.15, -0.1) is 0 Å². The van der Waals surface area contributed by atoms with E-state index in [0.29, 0.717) is 6.07 Å². The molecule has 0 saturated carbocycles. The third-order valence-electron chi connectivity index (χ3n) is 5.64. The van der Waals surface area contributed by atoms with Crippen molar-refractivity contribution in [2.45, 2.75) is 43.0 Å². The van der Waals surface area contributed by atoms with Crippen LogP contribution in [0.25, 0.3) is 0 Å². The predicted molar refractivity (Wildman–Crippen MR) is 99.8 cm³/mol. The lowest BCUT2D eigenvalue weighted by Gasteiger charge is -2.30. The maximum atomic E-state index is 13.2. The lowest BCUT2D eigenvalue weighted by atomic mass is 9.73. The molecule has 0 unspecified atom stereocenters. The number of carbonyl (C=O) groups excluding carboxylic acids is 1. The molecule has 0 aliphatic carbocycles. The Kier molecular flexibility index (Phi) is 5.62. The van der Waals surface area contributed by atoms with Gasteiger partial charge in [0.1, 0.15) is 5.82 Å². The summed E-state index contributed by atoms with van der Waals surface area (Å²) >= 11 is 5.53. The van der Waals surface area contributed by atoms with Crippen LogP contribution < -0.4 is 5.32 Å². The second-order valence-corrected chi connectivity index (χ2v) is 8.06. The number of carbonyl (C=O) groups is 1. The molecule has 5 nitrogen and oxygen atoms in total. The van der Waals surface area contributed by atoms with Gasteiger partial charge < -0.3 is 15.2 Å². The molecule has 2 N–H and O–H groups in total. The van der Waals surface area contributed by atoms with E-state index >= 15 is 0 Å². The molecule has 2 saturated heterocycles. The number of alkyl halides is 6. The molecule has 5 atom stereocenters. The van der Waals surface area contributed by atoms with Gasteiger partial charge in [0.05, 0.1) is 40.4 Å². The van der Waals surface area contributed by atoms with Gasteiger partial charge in [-0.1, -0.05) is 29.8 Å². The minimum atomic E-state index is -4.78. The number of benzene rings is 1. The zero-order valence-electron chi connectivity index (χ0n) is 15.9. The first-order valence-corrected chi connectivity index (χ1v) is 9.78. The Morgan fingerprint density at radius 3 is 2.53 bits per heavy atom. The van der Waals surface area contributed by atoms with E-state index in [2.05, 4.69) is 10.3 Å². The standard InChI is InChI=1S/C20H15ClF6N2O3/c21-11-7-28-14(5-10(11)20(25,26)27)29-18(31)16-13-6-12(30)17(32-13)15(16)8-2-1-3-9(4-8)19(22,23)24/h1-5,7,12-13,15-17,30H,6H2,(H,28,29,31)/t12-,13+,15+,16-,17-/m0/s1. The van der Waals surface area contributed by atoms with E-state index in [-0.39, 0.29) is 12.0 Å². The third-order valence-corrected chi connectivity index (χ3v) is 5.94. The molecule has 1 amide bonds. The van der Waals surface area contributed by atoms with Gasteiger partial charge in [-0.2, -0.15) is 26.3 Å². The zero-order valence-corrected chi connectivity index (χ0v) is 16.7. The summed E-state index contributed by atoms with van der Waals surface area (Å²) in [7, 11) is 0. The Bertz CT molecular complexity index is 1040. The number of halogens is 7. The molecule has 32 heavy (non-hydrogen) atoms. The first-order chi connectivity index (χ1) is 14.9. The van der Waals surface area contributed by atoms with E-state index in [0.717, 1.165) is 18.3 Å². The van der Waals surface area contributed by atoms with E-state index in [4.69, 9.17) is 16.3 Å². The van der Waals surface area contributed by atoms with Crippen LogP contribution in [0.1, 0.15) is 29.0 Å². The smallest absolute Gasteiger partial charge is 0.390 e. The first kappa shape index (κ1) is 22.8. The lowest BCUT2D eigenvalue weighted by molar-refractivity contribution is -0.138. The number of ether oxygens (including phenoxy) is 1. The number of pyridine rings is 1. The van der Waals surface area contributed by atoms with E-state index in [1.165, 1.54) is 12.1 Å². The fourth-order valence-electron chi connectivity index (χ4n) is 4.30. The summed E-state index contributed by atoms with van der Waals surface area (Å²) in [5.41, 5.74) is -2.00. The van der Waals surface area contributed by atoms with Crippen LogP contribution in [0.3, 0.4) is 0 Å². The number of hydrogen-bond donors (Lipinski definition) is 2. The van der Waals surface area contributed by atoms with Crippen LogP contribution in [0.4, 0.5) is 32.2 Å². The zero-order chi connectivity index (χ0) is 23.4. The Hall–Kier alpha value is -2.37. The van der Waals surface area contributed by atoms with Crippen molar-refractivity contribution >= 4 is 23.3 Å². The summed E-state index contributed by atoms with van der Waals surface area (Å²) in [6, 6.07) is 4.90. The maximum absolute atomic E-state index is 13.2. The van der Waals surface area contributed by atoms with Crippen LogP contribution in [0.15, 0.2) is 36.5 Å². The number of rotatable bonds is 3. The fraction of sp³-hybridized carbons (Fsp3) is 0.400. The molecule has 2 fully saturated rings. The highest BCUT2D eigenvalue weighted by molar-refractivity contribution is 6.31. The monoisotopic (exact) mass is 480 g/mol. The highest BCUT2D eigenvalue weighted by Gasteiger charge is 2.57. The topological polar surface area (TPSA) is 71.5 Å². The van der Waals surface area contributed by atoms with Gasteiger partial charge in [0.25, 0.3) is 0 Å². The fourth-order valence-corrected chi connectivity index (χ4v) is 4.51. The second kappa shape index (κ2) is 7.89. The molecule has 3 heterocycles. The Morgan fingerprint density at radius 1 is 1.16 bits per heavy atom. The Morgan fingerprint density at radius 2 is 1.88 bits per heavy atom. The summed E-state index contributed by atoms with van der Waals surface area (Å²) in [5.74, 6) is -3.17. The van der Waals surface area contributed by atoms with Gasteiger partial charge in [-0.25, -0.2) is 4.98 Å². The molecule has 0 radical (unpaired) electrons. The summed E-state index contributed by atoms with van der Waals surface area (Å²) in [5, 5.41) is 11.8. The normalized spacial score (nSPS) is 27.6. The number of anilines is 1. The molecule has 2 aliphatic heterocycles. The third kappa shape index (κ3) is 4.16. The van der Waals surface area contributed by atoms with Gasteiger partial charge >= 0.3 is 12.4 Å². The molecule has 172 valence electrons. The van der Waals surface area contributed by atoms with Crippen molar-refractivity contribution in [2.24, 2.45) is 5.92 Å². The quantitative estimate of drug-likeness (QED) is 0.628. The van der Waals surface area contributed by atoms with Gasteiger partial charge in [-0.05, 0) is 17.7 Å². The van der Waals surface area contributed by atoms with Gasteiger partial charge in [-0.3, -0.25) is 4.79 Å². The van der Waals surface area contributed by atoms with Gasteiger partial charge in [0.2, 0.25) is 5.91 Å². The number of fused-ring (bicyclic) bond motifs is 2. The molecule has 2 aromatic rings. The van der Waals surface area contributed by atoms with Crippen molar-refractivity contribution in [1.82, 2.24) is 4.98 Å². The number of aliphatic hydroxyl groups excluding tert-OH is 1. The summed E-state index contributed by atoms with van der Waals surface area (Å²) in [4.78, 5) is 16.7. The van der Waals surface area contributed by atoms with E-state index in [9.17, 15) is 36.2 Å². The van der Waals surface area contributed by atoms with Crippen LogP contribution in [-0.2, 0) is 21.9 Å². The predicted octanol–water partition coefficient (Wildman–Crippen LogP) is 4.64. The lowest BCUT2D eigenvalue weighted by Crippen LogP contribution is -2.41. The van der Waals surface area contributed by atoms with E-state index < -0.39 is 70.4 Å². The SMILES string of the molecule is O=C(Nc1cc(C(F)(F)F)c(Cl)cn1)[C@@H]1[C@@H](c2cccc(C(F)(F)F)c2)[C@H]2O[C@@H]1C[C@@H]2O. The summed E-state index contributed by atoms with van der Waals surface area (Å²) in [6.07, 6.45) is -11.3. The Balaban J connectivity index is 1.65. The van der Waals surface area contributed by atoms with Crippen molar-refractivity contribution in [3.05, 3.63) is 58.2 Å². The van der Waals surface area contributed by atoms with Crippen molar-refractivity contribution in [3.8, 4) is 0 Å². The number of aliphatic hydroxyl groups is 1. The highest BCUT2D eigenvalue weighted by Crippen LogP contribution is 2.50. The largest absolute Gasteiger partial charge is 0.418 e. The molecule has 1 aromatic carbocycles. The number of hydrogen-bond acceptors (Lipinski definition) is 4. The number of nitrogens with zero attached hydrogens (tertiary/aromatic N) is 1. The van der Waals surface area contributed by atoms with Crippen LogP contribution in [0, 0.1) is 5.92 Å². The average Bonchev–Trinajstić information content (AvgIpc) is 3.25. The van der Waals surface area contributed by atoms with Crippen LogP contribution >= 0.6 is 11.6 Å². The van der Waals surface area contributed by atoms with Crippen molar-refractivity contribution in [1.29, 1.82) is 0 Å². The second-order valence-electron chi connectivity index (χ2n) is 7.65. The minimum Gasteiger partial charge on any atom is -0.390 e. The van der Waals surface area contributed by atoms with Crippen molar-refractivity contribution in [2.75, 3.05) is 5.32 Å². The van der Waals surface area contributed by atoms with E-state index in [1.807, 2.05) is 0 Å². The van der Waals surface area contributed by atoms with Crippen molar-refractivity contribution < 1.29 is 41.0 Å². The molecular formula is C20H15ClF6N2O3. The summed E-state index contributed by atoms with van der Waals surface area (Å²) < 4.78 is 84.4. The first-order valence-electron chi connectivity index (χ1n) is 9.40. The van der Waals surface area contributed by atoms with Crippen LogP contribution in [0.5, 0.6) is 0 Å². The molecule has 12 heteroatoms. The Labute approximate surface area is 182 Å². The van der Waals surface area contributed by atoms with E-state index in [1.54, 1.807) is 0 Å². The molecule has 1 aromatic heterocycles. The minimum absolute atomic E-state index is 0.0695. The number of aromatic nitrogens is 1. The highest BCUT2D eigenvalue weighted by atomic mass is 35.5. The maximum Gasteiger partial charge on any atom is 0.418 e. The molecule has 0 spiro atoms. The van der Waals surface area contributed by atoms with Crippen molar-refractivity contribution in [3.63, 3.8) is 0 Å². The number of amides is 1. The average molecular weight is 481 g/mol. The molecule has 2 bridgehead atoms. The van der Waals surface area contributed by atoms with Gasteiger partial charge in [0.15, 0.2) is 0 Å². The summed E-state index contributed by atoms with van der Waals surface area (Å²) in [6.45, 7) is 0. The van der Waals surface area contributed by atoms with Crippen LogP contribution in [-0.4, -0.2) is 34.3 Å². The van der Waals surface area contributed by atoms with Gasteiger partial charge in [0, 0.05) is 18.5 Å². The van der Waals surface area contributed by atoms with Crippen LogP contribution in [0.2, 0.25) is 5.02 Å². The molecule has 2 aliphatic rings. The molecular weight excluding hydrogens is 466 g/mol. The number of nitrogens with one attached hydrogen (secondary N) is 1. The molecule has 4 rings (SSSR count).